The highest BCUT2D eigenvalue weighted by atomic mass is 16.4. The van der Waals surface area contributed by atoms with Crippen molar-refractivity contribution in [1.29, 1.82) is 10.8 Å². The number of nitrogens with one attached hydrogen (secondary N) is 2. The van der Waals surface area contributed by atoms with Crippen LogP contribution in [0.25, 0.3) is 0 Å². The number of aliphatic hydroxyl groups excluding tert-OH is 2. The number of aliphatic hydroxyl groups is 2. The molecule has 0 saturated heterocycles. The van der Waals surface area contributed by atoms with Crippen molar-refractivity contribution in [3.63, 3.8) is 0 Å². The van der Waals surface area contributed by atoms with Crippen molar-refractivity contribution in [3.8, 4) is 0 Å². The normalized spacial score (nSPS) is 7.69. The topological polar surface area (TPSA) is 197 Å². The van der Waals surface area contributed by atoms with Crippen molar-refractivity contribution in [2.24, 2.45) is 0 Å². The molecular weight excluding hydrogens is 384 g/mol. The summed E-state index contributed by atoms with van der Waals surface area (Å²) in [5.41, 5.74) is 1.32. The molecule has 29 heavy (non-hydrogen) atoms. The van der Waals surface area contributed by atoms with Crippen LogP contribution >= 0.6 is 0 Å². The molecule has 0 bridgehead atoms. The monoisotopic (exact) mass is 414 g/mol. The summed E-state index contributed by atoms with van der Waals surface area (Å²) in [6.45, 7) is 2.47. The lowest BCUT2D eigenvalue weighted by molar-refractivity contribution is -0.139. The summed E-state index contributed by atoms with van der Waals surface area (Å²) in [6, 6.07) is 10.3. The van der Waals surface area contributed by atoms with E-state index in [4.69, 9.17) is 40.8 Å². The quantitative estimate of drug-likeness (QED) is 0.211. The fourth-order valence-corrected chi connectivity index (χ4v) is 1.31. The molecule has 1 aromatic carbocycles. The van der Waals surface area contributed by atoms with Gasteiger partial charge in [-0.2, -0.15) is 0 Å². The van der Waals surface area contributed by atoms with Crippen molar-refractivity contribution < 1.29 is 39.6 Å². The van der Waals surface area contributed by atoms with Gasteiger partial charge in [0.15, 0.2) is 0 Å². The van der Waals surface area contributed by atoms with E-state index in [1.54, 1.807) is 0 Å². The molecule has 1 rings (SSSR count). The highest BCUT2D eigenvalue weighted by molar-refractivity contribution is 5.67. The lowest BCUT2D eigenvalue weighted by Crippen LogP contribution is -1.97. The number of unbranched alkanes of at least 4 members (excludes halogenated alkanes) is 2. The van der Waals surface area contributed by atoms with E-state index in [1.807, 2.05) is 18.2 Å². The Morgan fingerprint density at radius 2 is 1.10 bits per heavy atom. The molecule has 164 valence electrons. The highest BCUT2D eigenvalue weighted by Crippen LogP contribution is 1.98. The Bertz CT molecular complexity index is 521. The Balaban J connectivity index is -0.000000145. The summed E-state index contributed by atoms with van der Waals surface area (Å²) in [4.78, 5) is 36.5. The van der Waals surface area contributed by atoms with Crippen molar-refractivity contribution in [2.45, 2.75) is 45.4 Å². The van der Waals surface area contributed by atoms with Crippen molar-refractivity contribution in [2.75, 3.05) is 13.2 Å². The van der Waals surface area contributed by atoms with E-state index in [9.17, 15) is 9.59 Å². The first-order valence-electron chi connectivity index (χ1n) is 8.51. The van der Waals surface area contributed by atoms with Gasteiger partial charge >= 0.3 is 11.9 Å². The molecule has 0 aromatic heterocycles. The number of aryl methyl sites for hydroxylation is 1. The van der Waals surface area contributed by atoms with Crippen LogP contribution in [0.2, 0.25) is 0 Å². The third-order valence-corrected chi connectivity index (χ3v) is 2.54. The third kappa shape index (κ3) is 58.8. The maximum atomic E-state index is 9.90. The molecule has 0 aliphatic carbocycles. The fourth-order valence-electron chi connectivity index (χ4n) is 1.31. The van der Waals surface area contributed by atoms with E-state index in [2.05, 4.69) is 19.1 Å². The van der Waals surface area contributed by atoms with Gasteiger partial charge in [0.25, 0.3) is 0 Å². The number of benzene rings is 1. The van der Waals surface area contributed by atoms with Crippen LogP contribution < -0.4 is 0 Å². The average molecular weight is 414 g/mol. The summed E-state index contributed by atoms with van der Waals surface area (Å²) >= 11 is 0. The van der Waals surface area contributed by atoms with E-state index in [0.29, 0.717) is 12.8 Å². The largest absolute Gasteiger partial charge is 0.481 e. The predicted molar refractivity (Wildman–Crippen MR) is 105 cm³/mol. The van der Waals surface area contributed by atoms with Gasteiger partial charge in [-0.15, -0.1) is 0 Å². The van der Waals surface area contributed by atoms with E-state index in [1.165, 1.54) is 5.56 Å². The minimum atomic E-state index is -0.870. The summed E-state index contributed by atoms with van der Waals surface area (Å²) in [5.74, 6) is -1.74. The second-order valence-electron chi connectivity index (χ2n) is 5.01. The van der Waals surface area contributed by atoms with E-state index in [-0.39, 0.29) is 26.1 Å². The van der Waals surface area contributed by atoms with Crippen LogP contribution in [-0.2, 0) is 19.2 Å². The van der Waals surface area contributed by atoms with Crippen molar-refractivity contribution in [1.82, 2.24) is 0 Å². The number of carbonyl (C=O) groups excluding carboxylic acids is 2. The number of hydrogen-bond acceptors (Lipinski definition) is 8. The number of carboxylic acid groups (broad SMARTS) is 2. The minimum Gasteiger partial charge on any atom is -0.481 e. The lowest BCUT2D eigenvalue weighted by Gasteiger charge is -1.92. The maximum absolute atomic E-state index is 9.90. The molecule has 0 aliphatic heterocycles. The molecule has 0 heterocycles. The van der Waals surface area contributed by atoms with Gasteiger partial charge in [0, 0.05) is 26.1 Å². The zero-order valence-electron chi connectivity index (χ0n) is 16.5. The van der Waals surface area contributed by atoms with Gasteiger partial charge in [-0.3, -0.25) is 9.59 Å². The Hall–Kier alpha value is -3.16. The molecule has 0 amide bonds. The van der Waals surface area contributed by atoms with Gasteiger partial charge in [-0.1, -0.05) is 35.9 Å². The smallest absolute Gasteiger partial charge is 0.303 e. The molecule has 6 N–H and O–H groups in total. The van der Waals surface area contributed by atoms with Gasteiger partial charge < -0.3 is 20.4 Å². The number of aliphatic carboxylic acids is 2. The number of isocyanates is 2. The summed E-state index contributed by atoms with van der Waals surface area (Å²) in [5, 5.41) is 43.2. The van der Waals surface area contributed by atoms with Crippen LogP contribution in [-0.4, -0.2) is 57.7 Å². The SMILES string of the molecule is Cc1ccccc1.N=C=O.N=C=O.O=C(O)CCCCC(=O)O.OCCCCO. The number of hydrogen-bond donors (Lipinski definition) is 6. The molecule has 10 heteroatoms. The number of rotatable bonds is 8. The first kappa shape index (κ1) is 33.4. The summed E-state index contributed by atoms with van der Waals surface area (Å²) in [7, 11) is 0. The van der Waals surface area contributed by atoms with E-state index in [0.717, 1.165) is 25.0 Å². The predicted octanol–water partition coefficient (Wildman–Crippen LogP) is 2.26. The van der Waals surface area contributed by atoms with Crippen LogP contribution in [0.4, 0.5) is 0 Å². The van der Waals surface area contributed by atoms with Gasteiger partial charge in [0.1, 0.15) is 0 Å². The lowest BCUT2D eigenvalue weighted by atomic mass is 10.2. The first-order chi connectivity index (χ1) is 13.8. The molecule has 0 fully saturated rings. The molecule has 0 atom stereocenters. The first-order valence-corrected chi connectivity index (χ1v) is 8.51. The minimum absolute atomic E-state index is 0.0628. The average Bonchev–Trinajstić information content (AvgIpc) is 2.66. The van der Waals surface area contributed by atoms with Gasteiger partial charge in [-0.25, -0.2) is 20.4 Å². The van der Waals surface area contributed by atoms with Crippen LogP contribution in [0, 0.1) is 17.7 Å². The van der Waals surface area contributed by atoms with Crippen LogP contribution in [0.15, 0.2) is 30.3 Å². The maximum Gasteiger partial charge on any atom is 0.303 e. The van der Waals surface area contributed by atoms with Gasteiger partial charge in [0.2, 0.25) is 12.2 Å². The van der Waals surface area contributed by atoms with Crippen LogP contribution in [0.1, 0.15) is 44.1 Å². The highest BCUT2D eigenvalue weighted by Gasteiger charge is 1.99. The Morgan fingerprint density at radius 1 is 0.793 bits per heavy atom. The molecular formula is C19H30N2O8. The van der Waals surface area contributed by atoms with Crippen molar-refractivity contribution in [3.05, 3.63) is 35.9 Å². The number of carboxylic acids is 2. The van der Waals surface area contributed by atoms with Gasteiger partial charge in [-0.05, 0) is 32.6 Å². The second-order valence-corrected chi connectivity index (χ2v) is 5.01. The molecule has 0 saturated carbocycles. The zero-order chi connectivity index (χ0) is 23.3. The standard InChI is InChI=1S/C7H8.C6H10O4.C4H10O2.2CHNO/c1-7-5-3-2-4-6-7;7-5(8)3-1-2-4-6(9)10;5-3-1-2-4-6;2*2-1-3/h2-6H,1H3;1-4H2,(H,7,8)(H,9,10);5-6H,1-4H2;2*2H. The third-order valence-electron chi connectivity index (χ3n) is 2.54. The van der Waals surface area contributed by atoms with Crippen LogP contribution in [0.3, 0.4) is 0 Å². The second kappa shape index (κ2) is 32.5. The molecule has 1 aromatic rings. The molecule has 0 radical (unpaired) electrons. The molecule has 0 spiro atoms. The van der Waals surface area contributed by atoms with Gasteiger partial charge in [0.05, 0.1) is 0 Å². The fraction of sp³-hybridized carbons (Fsp3) is 0.474. The summed E-state index contributed by atoms with van der Waals surface area (Å²) < 4.78 is 0. The van der Waals surface area contributed by atoms with Crippen LogP contribution in [0.5, 0.6) is 0 Å². The molecule has 0 unspecified atom stereocenters. The summed E-state index contributed by atoms with van der Waals surface area (Å²) in [6.07, 6.45) is 3.96. The Morgan fingerprint density at radius 3 is 1.28 bits per heavy atom. The zero-order valence-corrected chi connectivity index (χ0v) is 16.5. The Labute approximate surface area is 169 Å². The molecule has 10 nitrogen and oxygen atoms in total. The van der Waals surface area contributed by atoms with E-state index >= 15 is 0 Å². The van der Waals surface area contributed by atoms with Crippen molar-refractivity contribution >= 4 is 24.1 Å². The Kier molecular flexibility index (Phi) is 37.5. The van der Waals surface area contributed by atoms with E-state index < -0.39 is 11.9 Å². The molecule has 0 aliphatic rings. The number of carbonyl (C=O) groups is 2.